The predicted octanol–water partition coefficient (Wildman–Crippen LogP) is 4.70. The molecule has 1 N–H and O–H groups in total. The normalized spacial score (nSPS) is 28.0. The molecule has 0 amide bonds. The van der Waals surface area contributed by atoms with Crippen molar-refractivity contribution in [1.82, 2.24) is 5.32 Å². The Balaban J connectivity index is 1.75. The molecule has 0 saturated heterocycles. The summed E-state index contributed by atoms with van der Waals surface area (Å²) in [4.78, 5) is 0. The summed E-state index contributed by atoms with van der Waals surface area (Å²) >= 11 is 0. The Morgan fingerprint density at radius 2 is 1.79 bits per heavy atom. The van der Waals surface area contributed by atoms with Crippen LogP contribution in [0.3, 0.4) is 0 Å². The molecule has 0 aromatic heterocycles. The molecule has 0 radical (unpaired) electrons. The molecule has 0 bridgehead atoms. The van der Waals surface area contributed by atoms with Crippen LogP contribution in [-0.4, -0.2) is 6.04 Å². The zero-order valence-corrected chi connectivity index (χ0v) is 12.4. The lowest BCUT2D eigenvalue weighted by molar-refractivity contribution is 0.151. The van der Waals surface area contributed by atoms with Gasteiger partial charge in [-0.1, -0.05) is 57.0 Å². The number of rotatable bonds is 4. The summed E-state index contributed by atoms with van der Waals surface area (Å²) in [6, 6.07) is 12.3. The summed E-state index contributed by atoms with van der Waals surface area (Å²) in [5.41, 5.74) is 1.95. The Labute approximate surface area is 117 Å². The van der Waals surface area contributed by atoms with E-state index in [0.29, 0.717) is 17.5 Å². The number of nitrogens with one attached hydrogen (secondary N) is 1. The monoisotopic (exact) mass is 257 g/mol. The fourth-order valence-electron chi connectivity index (χ4n) is 3.61. The van der Waals surface area contributed by atoms with Gasteiger partial charge in [0.15, 0.2) is 0 Å². The predicted molar refractivity (Wildman–Crippen MR) is 81.1 cm³/mol. The van der Waals surface area contributed by atoms with Gasteiger partial charge in [-0.2, -0.15) is 0 Å². The molecule has 2 fully saturated rings. The summed E-state index contributed by atoms with van der Waals surface area (Å²) in [5.74, 6) is 0.875. The van der Waals surface area contributed by atoms with Crippen molar-refractivity contribution in [2.75, 3.05) is 0 Å². The standard InChI is InChI=1S/C18H27N/c1-18(2)13-7-6-10-16(18)19-17(15-11-12-15)14-8-4-3-5-9-14/h3-5,8-9,15-17,19H,6-7,10-13H2,1-2H3. The Hall–Kier alpha value is -0.820. The van der Waals surface area contributed by atoms with Gasteiger partial charge in [0.1, 0.15) is 0 Å². The third-order valence-corrected chi connectivity index (χ3v) is 5.14. The summed E-state index contributed by atoms with van der Waals surface area (Å²) < 4.78 is 0. The third kappa shape index (κ3) is 3.02. The van der Waals surface area contributed by atoms with E-state index in [-0.39, 0.29) is 0 Å². The Bertz CT molecular complexity index is 405. The third-order valence-electron chi connectivity index (χ3n) is 5.14. The molecule has 1 heteroatoms. The first-order chi connectivity index (χ1) is 9.17. The Kier molecular flexibility index (Phi) is 3.66. The van der Waals surface area contributed by atoms with Crippen molar-refractivity contribution in [3.05, 3.63) is 35.9 Å². The zero-order chi connectivity index (χ0) is 13.3. The zero-order valence-electron chi connectivity index (χ0n) is 12.4. The maximum Gasteiger partial charge on any atom is 0.0351 e. The van der Waals surface area contributed by atoms with E-state index in [4.69, 9.17) is 0 Å². The fourth-order valence-corrected chi connectivity index (χ4v) is 3.61. The first-order valence-electron chi connectivity index (χ1n) is 7.98. The maximum absolute atomic E-state index is 4.02. The molecule has 2 unspecified atom stereocenters. The van der Waals surface area contributed by atoms with Gasteiger partial charge in [-0.3, -0.25) is 0 Å². The minimum Gasteiger partial charge on any atom is -0.306 e. The van der Waals surface area contributed by atoms with Crippen molar-refractivity contribution < 1.29 is 0 Å². The van der Waals surface area contributed by atoms with Crippen LogP contribution in [0.15, 0.2) is 30.3 Å². The van der Waals surface area contributed by atoms with E-state index in [9.17, 15) is 0 Å². The lowest BCUT2D eigenvalue weighted by Gasteiger charge is -2.41. The van der Waals surface area contributed by atoms with Gasteiger partial charge in [-0.15, -0.1) is 0 Å². The molecule has 0 heterocycles. The SMILES string of the molecule is CC1(C)CCCCC1NC(c1ccccc1)C1CC1. The second-order valence-corrected chi connectivity index (χ2v) is 7.18. The summed E-state index contributed by atoms with van der Waals surface area (Å²) in [7, 11) is 0. The van der Waals surface area contributed by atoms with Crippen molar-refractivity contribution in [1.29, 1.82) is 0 Å². The maximum atomic E-state index is 4.02. The lowest BCUT2D eigenvalue weighted by Crippen LogP contribution is -2.46. The quantitative estimate of drug-likeness (QED) is 0.824. The van der Waals surface area contributed by atoms with E-state index in [1.165, 1.54) is 44.1 Å². The fraction of sp³-hybridized carbons (Fsp3) is 0.667. The van der Waals surface area contributed by atoms with E-state index >= 15 is 0 Å². The molecule has 2 atom stereocenters. The van der Waals surface area contributed by atoms with Crippen molar-refractivity contribution in [2.24, 2.45) is 11.3 Å². The van der Waals surface area contributed by atoms with Crippen molar-refractivity contribution in [2.45, 2.75) is 64.5 Å². The first-order valence-corrected chi connectivity index (χ1v) is 7.98. The molecule has 0 aliphatic heterocycles. The van der Waals surface area contributed by atoms with E-state index in [1.807, 2.05) is 0 Å². The number of hydrogen-bond donors (Lipinski definition) is 1. The molecule has 2 saturated carbocycles. The molecule has 1 aromatic carbocycles. The molecular weight excluding hydrogens is 230 g/mol. The molecule has 1 nitrogen and oxygen atoms in total. The van der Waals surface area contributed by atoms with Gasteiger partial charge < -0.3 is 5.32 Å². The van der Waals surface area contributed by atoms with E-state index in [2.05, 4.69) is 49.5 Å². The average Bonchev–Trinajstić information content (AvgIpc) is 3.22. The minimum absolute atomic E-state index is 0.459. The molecule has 3 rings (SSSR count). The van der Waals surface area contributed by atoms with Gasteiger partial charge in [0, 0.05) is 12.1 Å². The van der Waals surface area contributed by atoms with Crippen molar-refractivity contribution >= 4 is 0 Å². The van der Waals surface area contributed by atoms with Gasteiger partial charge in [0.05, 0.1) is 0 Å². The molecule has 2 aliphatic rings. The van der Waals surface area contributed by atoms with Gasteiger partial charge in [0.25, 0.3) is 0 Å². The van der Waals surface area contributed by atoms with E-state index in [0.717, 1.165) is 5.92 Å². The number of benzene rings is 1. The van der Waals surface area contributed by atoms with Crippen LogP contribution < -0.4 is 5.32 Å². The van der Waals surface area contributed by atoms with Crippen LogP contribution in [0.2, 0.25) is 0 Å². The largest absolute Gasteiger partial charge is 0.306 e. The van der Waals surface area contributed by atoms with Crippen LogP contribution in [0.25, 0.3) is 0 Å². The Morgan fingerprint density at radius 3 is 2.42 bits per heavy atom. The van der Waals surface area contributed by atoms with Crippen LogP contribution in [-0.2, 0) is 0 Å². The highest BCUT2D eigenvalue weighted by molar-refractivity contribution is 5.21. The first kappa shape index (κ1) is 13.2. The van der Waals surface area contributed by atoms with E-state index in [1.54, 1.807) is 0 Å². The highest BCUT2D eigenvalue weighted by Crippen LogP contribution is 2.44. The Morgan fingerprint density at radius 1 is 1.05 bits per heavy atom. The van der Waals surface area contributed by atoms with Gasteiger partial charge in [0.2, 0.25) is 0 Å². The molecule has 104 valence electrons. The van der Waals surface area contributed by atoms with Crippen molar-refractivity contribution in [3.63, 3.8) is 0 Å². The molecule has 2 aliphatic carbocycles. The molecule has 1 aromatic rings. The van der Waals surface area contributed by atoms with Crippen LogP contribution >= 0.6 is 0 Å². The summed E-state index contributed by atoms with van der Waals surface area (Å²) in [5, 5.41) is 4.02. The highest BCUT2D eigenvalue weighted by atomic mass is 15.0. The van der Waals surface area contributed by atoms with Gasteiger partial charge >= 0.3 is 0 Å². The lowest BCUT2D eigenvalue weighted by atomic mass is 9.73. The van der Waals surface area contributed by atoms with Crippen LogP contribution in [0, 0.1) is 11.3 Å². The van der Waals surface area contributed by atoms with Crippen LogP contribution in [0.4, 0.5) is 0 Å². The minimum atomic E-state index is 0.459. The second kappa shape index (κ2) is 5.28. The average molecular weight is 257 g/mol. The molecule has 19 heavy (non-hydrogen) atoms. The van der Waals surface area contributed by atoms with Gasteiger partial charge in [-0.05, 0) is 42.6 Å². The highest BCUT2D eigenvalue weighted by Gasteiger charge is 2.38. The van der Waals surface area contributed by atoms with Crippen molar-refractivity contribution in [3.8, 4) is 0 Å². The van der Waals surface area contributed by atoms with E-state index < -0.39 is 0 Å². The van der Waals surface area contributed by atoms with Crippen LogP contribution in [0.5, 0.6) is 0 Å². The molecule has 0 spiro atoms. The summed E-state index contributed by atoms with van der Waals surface area (Å²) in [6.45, 7) is 4.89. The smallest absolute Gasteiger partial charge is 0.0351 e. The number of hydrogen-bond acceptors (Lipinski definition) is 1. The van der Waals surface area contributed by atoms with Gasteiger partial charge in [-0.25, -0.2) is 0 Å². The molecular formula is C18H27N. The summed E-state index contributed by atoms with van der Waals surface area (Å²) in [6.07, 6.45) is 8.33. The second-order valence-electron chi connectivity index (χ2n) is 7.18. The van der Waals surface area contributed by atoms with Crippen LogP contribution in [0.1, 0.15) is 64.0 Å². The topological polar surface area (TPSA) is 12.0 Å².